The van der Waals surface area contributed by atoms with Crippen molar-refractivity contribution in [3.63, 3.8) is 0 Å². The van der Waals surface area contributed by atoms with Crippen LogP contribution >= 0.6 is 0 Å². The van der Waals surface area contributed by atoms with E-state index in [2.05, 4.69) is 25.0 Å². The summed E-state index contributed by atoms with van der Waals surface area (Å²) in [5, 5.41) is 3.08. The van der Waals surface area contributed by atoms with E-state index in [1.54, 1.807) is 55.8 Å². The van der Waals surface area contributed by atoms with E-state index >= 15 is 0 Å². The minimum atomic E-state index is -4.30. The van der Waals surface area contributed by atoms with Crippen LogP contribution in [0.5, 0.6) is 0 Å². The molecule has 0 aliphatic carbocycles. The van der Waals surface area contributed by atoms with E-state index in [1.807, 2.05) is 6.07 Å². The predicted molar refractivity (Wildman–Crippen MR) is 117 cm³/mol. The molecule has 7 nitrogen and oxygen atoms in total. The number of sulfonamides is 1. The first-order valence-electron chi connectivity index (χ1n) is 9.41. The number of aryl methyl sites for hydroxylation is 1. The van der Waals surface area contributed by atoms with Gasteiger partial charge in [0.25, 0.3) is 10.0 Å². The second-order valence-corrected chi connectivity index (χ2v) is 8.46. The molecule has 0 aliphatic rings. The van der Waals surface area contributed by atoms with E-state index in [9.17, 15) is 17.2 Å². The molecule has 0 saturated carbocycles. The first-order valence-corrected chi connectivity index (χ1v) is 10.9. The maximum atomic E-state index is 14.0. The van der Waals surface area contributed by atoms with Crippen molar-refractivity contribution in [3.05, 3.63) is 90.5 Å². The van der Waals surface area contributed by atoms with Crippen LogP contribution in [-0.2, 0) is 10.0 Å². The van der Waals surface area contributed by atoms with Gasteiger partial charge in [-0.25, -0.2) is 27.2 Å². The van der Waals surface area contributed by atoms with Crippen molar-refractivity contribution < 1.29 is 17.2 Å². The average molecular weight is 453 g/mol. The van der Waals surface area contributed by atoms with E-state index in [0.29, 0.717) is 29.0 Å². The van der Waals surface area contributed by atoms with Gasteiger partial charge in [0, 0.05) is 30.2 Å². The van der Waals surface area contributed by atoms with Crippen molar-refractivity contribution in [1.29, 1.82) is 0 Å². The van der Waals surface area contributed by atoms with Crippen LogP contribution in [0.1, 0.15) is 5.69 Å². The van der Waals surface area contributed by atoms with Crippen molar-refractivity contribution in [3.8, 4) is 11.1 Å². The molecule has 0 aliphatic heterocycles. The van der Waals surface area contributed by atoms with Crippen LogP contribution in [-0.4, -0.2) is 23.4 Å². The Labute approximate surface area is 183 Å². The summed E-state index contributed by atoms with van der Waals surface area (Å²) in [4.78, 5) is 12.0. The van der Waals surface area contributed by atoms with Gasteiger partial charge in [0.1, 0.15) is 28.2 Å². The SMILES string of the molecule is Cc1ncc(-c2ccnc(Nc3ccccn3)c2)cc1NS(=O)(=O)c1ccc(F)cc1F. The van der Waals surface area contributed by atoms with Gasteiger partial charge >= 0.3 is 0 Å². The fourth-order valence-corrected chi connectivity index (χ4v) is 4.10. The molecule has 0 fully saturated rings. The number of hydrogen-bond donors (Lipinski definition) is 2. The summed E-state index contributed by atoms with van der Waals surface area (Å²) >= 11 is 0. The minimum absolute atomic E-state index is 0.169. The highest BCUT2D eigenvalue weighted by Gasteiger charge is 2.21. The highest BCUT2D eigenvalue weighted by atomic mass is 32.2. The highest BCUT2D eigenvalue weighted by Crippen LogP contribution is 2.28. The number of aromatic nitrogens is 3. The summed E-state index contributed by atoms with van der Waals surface area (Å²) in [6.07, 6.45) is 4.84. The van der Waals surface area contributed by atoms with Crippen LogP contribution in [0.2, 0.25) is 0 Å². The summed E-state index contributed by atoms with van der Waals surface area (Å²) in [7, 11) is -4.30. The zero-order valence-electron chi connectivity index (χ0n) is 16.8. The Morgan fingerprint density at radius 3 is 2.41 bits per heavy atom. The molecule has 4 rings (SSSR count). The molecular weight excluding hydrogens is 436 g/mol. The topological polar surface area (TPSA) is 96.9 Å². The zero-order chi connectivity index (χ0) is 22.7. The summed E-state index contributed by atoms with van der Waals surface area (Å²) in [6.45, 7) is 1.61. The van der Waals surface area contributed by atoms with Gasteiger partial charge in [-0.3, -0.25) is 9.71 Å². The van der Waals surface area contributed by atoms with Gasteiger partial charge in [-0.05, 0) is 55.0 Å². The number of halogens is 2. The normalized spacial score (nSPS) is 11.2. The van der Waals surface area contributed by atoms with Gasteiger partial charge in [-0.2, -0.15) is 0 Å². The molecule has 1 aromatic carbocycles. The molecule has 4 aromatic rings. The lowest BCUT2D eigenvalue weighted by molar-refractivity contribution is 0.551. The van der Waals surface area contributed by atoms with Gasteiger partial charge in [0.05, 0.1) is 11.4 Å². The molecule has 0 unspecified atom stereocenters. The van der Waals surface area contributed by atoms with E-state index < -0.39 is 26.6 Å². The molecular formula is C22H17F2N5O2S. The number of nitrogens with one attached hydrogen (secondary N) is 2. The minimum Gasteiger partial charge on any atom is -0.325 e. The molecule has 0 radical (unpaired) electrons. The van der Waals surface area contributed by atoms with Crippen molar-refractivity contribution in [1.82, 2.24) is 15.0 Å². The van der Waals surface area contributed by atoms with Crippen molar-refractivity contribution in [2.75, 3.05) is 10.0 Å². The number of anilines is 3. The second kappa shape index (κ2) is 8.67. The molecule has 3 aromatic heterocycles. The van der Waals surface area contributed by atoms with Crippen LogP contribution in [0.4, 0.5) is 26.1 Å². The van der Waals surface area contributed by atoms with Crippen molar-refractivity contribution >= 4 is 27.3 Å². The Bertz CT molecular complexity index is 1380. The number of pyridine rings is 3. The second-order valence-electron chi connectivity index (χ2n) is 6.81. The van der Waals surface area contributed by atoms with Crippen LogP contribution in [0, 0.1) is 18.6 Å². The van der Waals surface area contributed by atoms with Crippen LogP contribution in [0.15, 0.2) is 78.1 Å². The third kappa shape index (κ3) is 4.70. The average Bonchev–Trinajstić information content (AvgIpc) is 2.76. The Morgan fingerprint density at radius 2 is 1.66 bits per heavy atom. The van der Waals surface area contributed by atoms with Crippen LogP contribution in [0.3, 0.4) is 0 Å². The number of benzene rings is 1. The van der Waals surface area contributed by atoms with E-state index in [1.165, 1.54) is 0 Å². The number of hydrogen-bond acceptors (Lipinski definition) is 6. The summed E-state index contributed by atoms with van der Waals surface area (Å²) in [6, 6.07) is 12.8. The Morgan fingerprint density at radius 1 is 0.844 bits per heavy atom. The van der Waals surface area contributed by atoms with E-state index in [0.717, 1.165) is 17.7 Å². The lowest BCUT2D eigenvalue weighted by Gasteiger charge is -2.13. The van der Waals surface area contributed by atoms with Gasteiger partial charge in [0.15, 0.2) is 0 Å². The monoisotopic (exact) mass is 453 g/mol. The first-order chi connectivity index (χ1) is 15.3. The molecule has 0 bridgehead atoms. The highest BCUT2D eigenvalue weighted by molar-refractivity contribution is 7.92. The maximum Gasteiger partial charge on any atom is 0.264 e. The standard InChI is InChI=1S/C22H17F2N5O2S/c1-14-19(29-32(30,31)20-6-5-17(23)12-18(20)24)10-16(13-27-14)15-7-9-26-22(11-15)28-21-4-2-3-8-25-21/h2-13,29H,1H3,(H,25,26,28). The number of nitrogens with zero attached hydrogens (tertiary/aromatic N) is 3. The van der Waals surface area contributed by atoms with E-state index in [-0.39, 0.29) is 5.69 Å². The smallest absolute Gasteiger partial charge is 0.264 e. The summed E-state index contributed by atoms with van der Waals surface area (Å²) < 4.78 is 54.8. The molecule has 162 valence electrons. The molecule has 0 spiro atoms. The lowest BCUT2D eigenvalue weighted by atomic mass is 10.1. The number of rotatable bonds is 6. The first kappa shape index (κ1) is 21.3. The Hall–Kier alpha value is -3.92. The van der Waals surface area contributed by atoms with Gasteiger partial charge in [-0.1, -0.05) is 6.07 Å². The quantitative estimate of drug-likeness (QED) is 0.440. The molecule has 2 N–H and O–H groups in total. The lowest BCUT2D eigenvalue weighted by Crippen LogP contribution is -2.16. The third-order valence-electron chi connectivity index (χ3n) is 4.53. The largest absolute Gasteiger partial charge is 0.325 e. The fourth-order valence-electron chi connectivity index (χ4n) is 2.93. The van der Waals surface area contributed by atoms with Gasteiger partial charge in [-0.15, -0.1) is 0 Å². The van der Waals surface area contributed by atoms with Crippen LogP contribution in [0.25, 0.3) is 11.1 Å². The summed E-state index contributed by atoms with van der Waals surface area (Å²) in [5.74, 6) is -0.890. The fraction of sp³-hybridized carbons (Fsp3) is 0.0455. The third-order valence-corrected chi connectivity index (χ3v) is 5.93. The van der Waals surface area contributed by atoms with Gasteiger partial charge < -0.3 is 5.32 Å². The van der Waals surface area contributed by atoms with Crippen LogP contribution < -0.4 is 10.0 Å². The maximum absolute atomic E-state index is 14.0. The molecule has 10 heteroatoms. The molecule has 3 heterocycles. The summed E-state index contributed by atoms with van der Waals surface area (Å²) in [5.41, 5.74) is 1.89. The van der Waals surface area contributed by atoms with Crippen molar-refractivity contribution in [2.24, 2.45) is 0 Å². The predicted octanol–water partition coefficient (Wildman–Crippen LogP) is 4.67. The van der Waals surface area contributed by atoms with Gasteiger partial charge in [0.2, 0.25) is 0 Å². The zero-order valence-corrected chi connectivity index (χ0v) is 17.6. The molecule has 0 saturated heterocycles. The van der Waals surface area contributed by atoms with Crippen molar-refractivity contribution in [2.45, 2.75) is 11.8 Å². The van der Waals surface area contributed by atoms with E-state index in [4.69, 9.17) is 0 Å². The Balaban J connectivity index is 1.64. The Kier molecular flexibility index (Phi) is 5.78. The molecule has 0 amide bonds. The molecule has 0 atom stereocenters. The molecule has 32 heavy (non-hydrogen) atoms.